The van der Waals surface area contributed by atoms with Crippen LogP contribution in [0.1, 0.15) is 41.6 Å². The van der Waals surface area contributed by atoms with Crippen LogP contribution in [0.4, 0.5) is 10.1 Å². The van der Waals surface area contributed by atoms with Crippen LogP contribution in [-0.2, 0) is 0 Å². The Morgan fingerprint density at radius 2 is 1.75 bits per heavy atom. The molecule has 36 heavy (non-hydrogen) atoms. The third-order valence-corrected chi connectivity index (χ3v) is 6.57. The molecule has 0 bridgehead atoms. The highest BCUT2D eigenvalue weighted by Crippen LogP contribution is 2.32. The Morgan fingerprint density at radius 3 is 2.36 bits per heavy atom. The molecule has 0 aliphatic carbocycles. The van der Waals surface area contributed by atoms with Crippen LogP contribution in [-0.4, -0.2) is 36.1 Å². The van der Waals surface area contributed by atoms with Gasteiger partial charge >= 0.3 is 0 Å². The highest BCUT2D eigenvalue weighted by Gasteiger charge is 2.26. The summed E-state index contributed by atoms with van der Waals surface area (Å²) in [6.45, 7) is 5.37. The third-order valence-electron chi connectivity index (χ3n) is 6.57. The summed E-state index contributed by atoms with van der Waals surface area (Å²) in [6, 6.07) is 22.0. The smallest absolute Gasteiger partial charge is 0.250 e. The van der Waals surface area contributed by atoms with Crippen LogP contribution >= 0.6 is 0 Å². The third kappa shape index (κ3) is 5.45. The van der Waals surface area contributed by atoms with E-state index in [1.807, 2.05) is 26.1 Å². The molecule has 2 aromatic carbocycles. The Balaban J connectivity index is 1.91. The zero-order valence-electron chi connectivity index (χ0n) is 20.8. The van der Waals surface area contributed by atoms with Crippen molar-refractivity contribution < 1.29 is 4.39 Å². The first-order valence-corrected chi connectivity index (χ1v) is 12.1. The maximum atomic E-state index is 13.8. The molecule has 0 amide bonds. The summed E-state index contributed by atoms with van der Waals surface area (Å²) in [6.07, 6.45) is 0.817. The molecule has 2 N–H and O–H groups in total. The van der Waals surface area contributed by atoms with E-state index in [1.165, 1.54) is 12.1 Å². The van der Waals surface area contributed by atoms with E-state index in [0.29, 0.717) is 29.8 Å². The summed E-state index contributed by atoms with van der Waals surface area (Å²) in [5.74, 6) is -0.376. The molecule has 0 aliphatic rings. The molecule has 0 saturated heterocycles. The number of nitrogens with zero attached hydrogens (tertiary/aromatic N) is 3. The van der Waals surface area contributed by atoms with E-state index in [0.717, 1.165) is 23.1 Å². The van der Waals surface area contributed by atoms with Gasteiger partial charge in [0.05, 0.1) is 11.2 Å². The second kappa shape index (κ2) is 11.1. The van der Waals surface area contributed by atoms with Gasteiger partial charge < -0.3 is 15.2 Å². The van der Waals surface area contributed by atoms with Crippen LogP contribution in [0.5, 0.6) is 0 Å². The van der Waals surface area contributed by atoms with Gasteiger partial charge in [-0.1, -0.05) is 48.9 Å². The summed E-state index contributed by atoms with van der Waals surface area (Å²) in [5, 5.41) is 12.7. The number of halogens is 1. The van der Waals surface area contributed by atoms with E-state index >= 15 is 0 Å². The van der Waals surface area contributed by atoms with Gasteiger partial charge in [-0.2, -0.15) is 5.26 Å². The van der Waals surface area contributed by atoms with Gasteiger partial charge in [0.2, 0.25) is 0 Å². The Morgan fingerprint density at radius 1 is 1.08 bits per heavy atom. The van der Waals surface area contributed by atoms with Gasteiger partial charge in [-0.3, -0.25) is 4.79 Å². The summed E-state index contributed by atoms with van der Waals surface area (Å²) < 4.78 is 13.8. The van der Waals surface area contributed by atoms with Crippen LogP contribution in [0.25, 0.3) is 11.0 Å². The van der Waals surface area contributed by atoms with E-state index < -0.39 is 0 Å². The molecule has 7 heteroatoms. The molecule has 2 unspecified atom stereocenters. The highest BCUT2D eigenvalue weighted by atomic mass is 19.1. The topological polar surface area (TPSA) is 84.8 Å². The largest absolute Gasteiger partial charge is 0.364 e. The van der Waals surface area contributed by atoms with E-state index in [4.69, 9.17) is 0 Å². The van der Waals surface area contributed by atoms with Crippen molar-refractivity contribution in [1.29, 1.82) is 5.26 Å². The monoisotopic (exact) mass is 483 g/mol. The first-order chi connectivity index (χ1) is 17.4. The lowest BCUT2D eigenvalue weighted by Crippen LogP contribution is -2.44. The van der Waals surface area contributed by atoms with Gasteiger partial charge in [-0.25, -0.2) is 9.37 Å². The number of hydrogen-bond acceptors (Lipinski definition) is 5. The van der Waals surface area contributed by atoms with Crippen molar-refractivity contribution in [3.63, 3.8) is 0 Å². The number of rotatable bonds is 9. The molecule has 0 radical (unpaired) electrons. The number of benzene rings is 2. The van der Waals surface area contributed by atoms with E-state index in [2.05, 4.69) is 57.4 Å². The number of nitrogens with one attached hydrogen (secondary N) is 2. The number of aryl methyl sites for hydroxylation is 1. The summed E-state index contributed by atoms with van der Waals surface area (Å²) in [7, 11) is 1.90. The van der Waals surface area contributed by atoms with Crippen molar-refractivity contribution >= 4 is 16.7 Å². The second-order valence-electron chi connectivity index (χ2n) is 9.01. The van der Waals surface area contributed by atoms with E-state index in [-0.39, 0.29) is 29.0 Å². The molecule has 4 aromatic rings. The molecular formula is C29H30FN5O. The fourth-order valence-electron chi connectivity index (χ4n) is 4.65. The number of aromatic nitrogens is 2. The van der Waals surface area contributed by atoms with Gasteiger partial charge in [0, 0.05) is 31.1 Å². The maximum Gasteiger partial charge on any atom is 0.250 e. The second-order valence-corrected chi connectivity index (χ2v) is 9.01. The molecular weight excluding hydrogens is 453 g/mol. The van der Waals surface area contributed by atoms with Crippen molar-refractivity contribution in [1.82, 2.24) is 15.3 Å². The SMILES string of the molecule is CCC(CNC)N(CC(c1ccc(C)cc1)c1ccc(F)cc1)c1cc(=O)[nH]c2ccc(C#N)nc12. The normalized spacial score (nSPS) is 12.8. The molecule has 2 aromatic heterocycles. The molecule has 0 fully saturated rings. The number of anilines is 1. The van der Waals surface area contributed by atoms with Crippen LogP contribution < -0.4 is 15.8 Å². The first-order valence-electron chi connectivity index (χ1n) is 12.1. The molecule has 0 spiro atoms. The molecule has 0 aliphatic heterocycles. The molecule has 4 rings (SSSR count). The Labute approximate surface area is 210 Å². The van der Waals surface area contributed by atoms with Crippen molar-refractivity contribution in [3.8, 4) is 6.07 Å². The maximum absolute atomic E-state index is 13.8. The van der Waals surface area contributed by atoms with Crippen LogP contribution in [0, 0.1) is 24.1 Å². The van der Waals surface area contributed by atoms with Gasteiger partial charge in [-0.05, 0) is 55.8 Å². The van der Waals surface area contributed by atoms with Crippen LogP contribution in [0.3, 0.4) is 0 Å². The van der Waals surface area contributed by atoms with Gasteiger partial charge in [-0.15, -0.1) is 0 Å². The van der Waals surface area contributed by atoms with Gasteiger partial charge in [0.25, 0.3) is 5.56 Å². The Kier molecular flexibility index (Phi) is 7.77. The lowest BCUT2D eigenvalue weighted by molar-refractivity contribution is 0.531. The lowest BCUT2D eigenvalue weighted by atomic mass is 9.89. The van der Waals surface area contributed by atoms with Gasteiger partial charge in [0.1, 0.15) is 23.1 Å². The number of fused-ring (bicyclic) bond motifs is 1. The molecule has 184 valence electrons. The number of likely N-dealkylation sites (N-methyl/N-ethyl adjacent to an activating group) is 1. The first kappa shape index (κ1) is 25.1. The standard InChI is InChI=1S/C29H30FN5O/c1-4-24(17-32-3)35(27-15-28(36)34-26-14-13-23(16-31)33-29(26)27)18-25(20-7-5-19(2)6-8-20)21-9-11-22(30)12-10-21/h5-15,24-25,32H,4,17-18H2,1-3H3,(H,34,36). The summed E-state index contributed by atoms with van der Waals surface area (Å²) in [5.41, 5.74) is 5.10. The van der Waals surface area contributed by atoms with Crippen molar-refractivity contribution in [2.24, 2.45) is 0 Å². The van der Waals surface area contributed by atoms with Crippen LogP contribution in [0.2, 0.25) is 0 Å². The summed E-state index contributed by atoms with van der Waals surface area (Å²) in [4.78, 5) is 22.3. The highest BCUT2D eigenvalue weighted by molar-refractivity contribution is 5.88. The minimum absolute atomic E-state index is 0.0425. The molecule has 0 saturated carbocycles. The lowest BCUT2D eigenvalue weighted by Gasteiger charge is -2.37. The number of hydrogen-bond donors (Lipinski definition) is 2. The number of H-pyrrole nitrogens is 1. The van der Waals surface area contributed by atoms with Crippen molar-refractivity contribution in [3.05, 3.63) is 105 Å². The van der Waals surface area contributed by atoms with E-state index in [1.54, 1.807) is 18.2 Å². The average molecular weight is 484 g/mol. The number of pyridine rings is 2. The van der Waals surface area contributed by atoms with Gasteiger partial charge in [0.15, 0.2) is 0 Å². The van der Waals surface area contributed by atoms with Crippen LogP contribution in [0.15, 0.2) is 71.5 Å². The number of nitriles is 1. The predicted octanol–water partition coefficient (Wildman–Crippen LogP) is 4.88. The van der Waals surface area contributed by atoms with Crippen molar-refractivity contribution in [2.75, 3.05) is 25.0 Å². The minimum atomic E-state index is -0.284. The molecule has 2 heterocycles. The minimum Gasteiger partial charge on any atom is -0.364 e. The zero-order chi connectivity index (χ0) is 25.7. The predicted molar refractivity (Wildman–Crippen MR) is 142 cm³/mol. The fourth-order valence-corrected chi connectivity index (χ4v) is 4.65. The Hall–Kier alpha value is -4.02. The molecule has 6 nitrogen and oxygen atoms in total. The number of aromatic amines is 1. The quantitative estimate of drug-likeness (QED) is 0.355. The summed E-state index contributed by atoms with van der Waals surface area (Å²) >= 11 is 0. The fraction of sp³-hybridized carbons (Fsp3) is 0.276. The van der Waals surface area contributed by atoms with E-state index in [9.17, 15) is 14.4 Å². The average Bonchev–Trinajstić information content (AvgIpc) is 2.89. The molecule has 2 atom stereocenters. The zero-order valence-corrected chi connectivity index (χ0v) is 20.8. The Bertz CT molecular complexity index is 1380. The van der Waals surface area contributed by atoms with Crippen molar-refractivity contribution in [2.45, 2.75) is 32.2 Å².